The van der Waals surface area contributed by atoms with Gasteiger partial charge in [0.15, 0.2) is 0 Å². The highest BCUT2D eigenvalue weighted by Crippen LogP contribution is 2.16. The van der Waals surface area contributed by atoms with Crippen molar-refractivity contribution >= 4 is 0 Å². The third-order valence-corrected chi connectivity index (χ3v) is 2.79. The fourth-order valence-electron chi connectivity index (χ4n) is 1.82. The predicted octanol–water partition coefficient (Wildman–Crippen LogP) is 1.66. The van der Waals surface area contributed by atoms with Crippen molar-refractivity contribution in [2.75, 3.05) is 13.2 Å². The Morgan fingerprint density at radius 3 is 2.73 bits per heavy atom. The molecule has 0 spiro atoms. The molecule has 0 amide bonds. The SMILES string of the molecule is Oc1ccccc1CNC1CCOCC1. The van der Waals surface area contributed by atoms with Crippen LogP contribution in [-0.2, 0) is 11.3 Å². The molecule has 0 aromatic heterocycles. The highest BCUT2D eigenvalue weighted by atomic mass is 16.5. The molecular formula is C12H17NO2. The van der Waals surface area contributed by atoms with Crippen LogP contribution in [0.4, 0.5) is 0 Å². The van der Waals surface area contributed by atoms with Crippen LogP contribution < -0.4 is 5.32 Å². The van der Waals surface area contributed by atoms with Crippen LogP contribution in [0.25, 0.3) is 0 Å². The normalized spacial score (nSPS) is 17.9. The number of nitrogens with one attached hydrogen (secondary N) is 1. The summed E-state index contributed by atoms with van der Waals surface area (Å²) in [6, 6.07) is 7.98. The van der Waals surface area contributed by atoms with Gasteiger partial charge in [-0.15, -0.1) is 0 Å². The molecule has 1 aliphatic heterocycles. The quantitative estimate of drug-likeness (QED) is 0.792. The van der Waals surface area contributed by atoms with E-state index >= 15 is 0 Å². The Morgan fingerprint density at radius 1 is 1.27 bits per heavy atom. The number of ether oxygens (including phenoxy) is 1. The van der Waals surface area contributed by atoms with Crippen LogP contribution >= 0.6 is 0 Å². The van der Waals surface area contributed by atoms with E-state index in [1.807, 2.05) is 18.2 Å². The van der Waals surface area contributed by atoms with Gasteiger partial charge in [0.25, 0.3) is 0 Å². The zero-order chi connectivity index (χ0) is 10.5. The first-order valence-corrected chi connectivity index (χ1v) is 5.44. The Kier molecular flexibility index (Phi) is 3.59. The molecule has 1 saturated heterocycles. The second-order valence-corrected chi connectivity index (χ2v) is 3.90. The molecule has 0 saturated carbocycles. The summed E-state index contributed by atoms with van der Waals surface area (Å²) in [7, 11) is 0. The van der Waals surface area contributed by atoms with Gasteiger partial charge in [0.1, 0.15) is 5.75 Å². The van der Waals surface area contributed by atoms with E-state index in [0.29, 0.717) is 11.8 Å². The topological polar surface area (TPSA) is 41.5 Å². The standard InChI is InChI=1S/C12H17NO2/c14-12-4-2-1-3-10(12)9-13-11-5-7-15-8-6-11/h1-4,11,13-14H,5-9H2. The molecule has 2 rings (SSSR count). The van der Waals surface area contributed by atoms with E-state index in [2.05, 4.69) is 5.32 Å². The van der Waals surface area contributed by atoms with E-state index < -0.39 is 0 Å². The van der Waals surface area contributed by atoms with Crippen LogP contribution in [0.3, 0.4) is 0 Å². The lowest BCUT2D eigenvalue weighted by molar-refractivity contribution is 0.0775. The number of para-hydroxylation sites is 1. The van der Waals surface area contributed by atoms with Crippen LogP contribution in [0, 0.1) is 0 Å². The Bertz CT molecular complexity index is 308. The van der Waals surface area contributed by atoms with Gasteiger partial charge >= 0.3 is 0 Å². The van der Waals surface area contributed by atoms with Crippen molar-refractivity contribution < 1.29 is 9.84 Å². The number of phenols is 1. The zero-order valence-corrected chi connectivity index (χ0v) is 8.78. The average molecular weight is 207 g/mol. The van der Waals surface area contributed by atoms with Gasteiger partial charge in [-0.1, -0.05) is 18.2 Å². The molecule has 3 heteroatoms. The number of hydrogen-bond donors (Lipinski definition) is 2. The molecule has 1 fully saturated rings. The summed E-state index contributed by atoms with van der Waals surface area (Å²) >= 11 is 0. The van der Waals surface area contributed by atoms with Gasteiger partial charge in [-0.2, -0.15) is 0 Å². The molecule has 1 heterocycles. The van der Waals surface area contributed by atoms with Gasteiger partial charge in [-0.25, -0.2) is 0 Å². The minimum Gasteiger partial charge on any atom is -0.508 e. The molecule has 1 aromatic rings. The van der Waals surface area contributed by atoms with Crippen LogP contribution in [0.15, 0.2) is 24.3 Å². The third kappa shape index (κ3) is 2.94. The maximum absolute atomic E-state index is 9.58. The first-order chi connectivity index (χ1) is 7.36. The van der Waals surface area contributed by atoms with Crippen LogP contribution in [0.5, 0.6) is 5.75 Å². The molecule has 1 aliphatic rings. The smallest absolute Gasteiger partial charge is 0.120 e. The van der Waals surface area contributed by atoms with E-state index in [0.717, 1.165) is 38.2 Å². The van der Waals surface area contributed by atoms with Gasteiger partial charge in [-0.05, 0) is 18.9 Å². The maximum Gasteiger partial charge on any atom is 0.120 e. The van der Waals surface area contributed by atoms with Crippen molar-refractivity contribution in [1.82, 2.24) is 5.32 Å². The number of benzene rings is 1. The highest BCUT2D eigenvalue weighted by Gasteiger charge is 2.13. The van der Waals surface area contributed by atoms with Crippen molar-refractivity contribution in [2.24, 2.45) is 0 Å². The first kappa shape index (κ1) is 10.5. The second-order valence-electron chi connectivity index (χ2n) is 3.90. The number of aromatic hydroxyl groups is 1. The largest absolute Gasteiger partial charge is 0.508 e. The third-order valence-electron chi connectivity index (χ3n) is 2.79. The van der Waals surface area contributed by atoms with Crippen molar-refractivity contribution in [3.05, 3.63) is 29.8 Å². The fourth-order valence-corrected chi connectivity index (χ4v) is 1.82. The molecule has 2 N–H and O–H groups in total. The summed E-state index contributed by atoms with van der Waals surface area (Å²) in [5, 5.41) is 13.0. The average Bonchev–Trinajstić information content (AvgIpc) is 2.29. The first-order valence-electron chi connectivity index (χ1n) is 5.44. The van der Waals surface area contributed by atoms with E-state index in [-0.39, 0.29) is 0 Å². The van der Waals surface area contributed by atoms with Crippen molar-refractivity contribution in [1.29, 1.82) is 0 Å². The van der Waals surface area contributed by atoms with E-state index in [1.165, 1.54) is 0 Å². The molecule has 0 atom stereocenters. The second kappa shape index (κ2) is 5.14. The minimum absolute atomic E-state index is 0.372. The van der Waals surface area contributed by atoms with Gasteiger partial charge < -0.3 is 15.2 Å². The number of rotatable bonds is 3. The highest BCUT2D eigenvalue weighted by molar-refractivity contribution is 5.31. The lowest BCUT2D eigenvalue weighted by Gasteiger charge is -2.23. The predicted molar refractivity (Wildman–Crippen MR) is 58.8 cm³/mol. The van der Waals surface area contributed by atoms with Gasteiger partial charge in [0, 0.05) is 31.4 Å². The number of phenolic OH excluding ortho intramolecular Hbond substituents is 1. The van der Waals surface area contributed by atoms with Crippen molar-refractivity contribution in [2.45, 2.75) is 25.4 Å². The molecule has 3 nitrogen and oxygen atoms in total. The molecule has 15 heavy (non-hydrogen) atoms. The molecule has 0 unspecified atom stereocenters. The Labute approximate surface area is 90.1 Å². The molecule has 82 valence electrons. The summed E-state index contributed by atoms with van der Waals surface area (Å²) < 4.78 is 5.29. The monoisotopic (exact) mass is 207 g/mol. The Morgan fingerprint density at radius 2 is 2.00 bits per heavy atom. The summed E-state index contributed by atoms with van der Waals surface area (Å²) in [5.74, 6) is 0.372. The van der Waals surface area contributed by atoms with Gasteiger partial charge in [0.2, 0.25) is 0 Å². The van der Waals surface area contributed by atoms with Crippen LogP contribution in [0.1, 0.15) is 18.4 Å². The zero-order valence-electron chi connectivity index (χ0n) is 8.78. The van der Waals surface area contributed by atoms with E-state index in [4.69, 9.17) is 4.74 Å². The Balaban J connectivity index is 1.84. The summed E-state index contributed by atoms with van der Waals surface area (Å²) in [6.07, 6.45) is 2.13. The van der Waals surface area contributed by atoms with Crippen LogP contribution in [-0.4, -0.2) is 24.4 Å². The van der Waals surface area contributed by atoms with E-state index in [1.54, 1.807) is 6.07 Å². The molecular weight excluding hydrogens is 190 g/mol. The molecule has 0 aliphatic carbocycles. The van der Waals surface area contributed by atoms with Crippen LogP contribution in [0.2, 0.25) is 0 Å². The Hall–Kier alpha value is -1.06. The van der Waals surface area contributed by atoms with Gasteiger partial charge in [-0.3, -0.25) is 0 Å². The van der Waals surface area contributed by atoms with Gasteiger partial charge in [0.05, 0.1) is 0 Å². The molecule has 1 aromatic carbocycles. The van der Waals surface area contributed by atoms with Crippen molar-refractivity contribution in [3.8, 4) is 5.75 Å². The number of hydrogen-bond acceptors (Lipinski definition) is 3. The fraction of sp³-hybridized carbons (Fsp3) is 0.500. The van der Waals surface area contributed by atoms with E-state index in [9.17, 15) is 5.11 Å². The minimum atomic E-state index is 0.372. The maximum atomic E-state index is 9.58. The lowest BCUT2D eigenvalue weighted by atomic mass is 10.1. The molecule has 0 radical (unpaired) electrons. The summed E-state index contributed by atoms with van der Waals surface area (Å²) in [5.41, 5.74) is 0.962. The van der Waals surface area contributed by atoms with Crippen molar-refractivity contribution in [3.63, 3.8) is 0 Å². The lowest BCUT2D eigenvalue weighted by Crippen LogP contribution is -2.34. The summed E-state index contributed by atoms with van der Waals surface area (Å²) in [4.78, 5) is 0. The molecule has 0 bridgehead atoms. The summed E-state index contributed by atoms with van der Waals surface area (Å²) in [6.45, 7) is 2.42.